The number of hydrogen-bond donors (Lipinski definition) is 1. The van der Waals surface area contributed by atoms with Gasteiger partial charge in [0.05, 0.1) is 19.9 Å². The van der Waals surface area contributed by atoms with Gasteiger partial charge in [-0.2, -0.15) is 0 Å². The second kappa shape index (κ2) is 4.67. The highest BCUT2D eigenvalue weighted by Crippen LogP contribution is 2.28. The number of methoxy groups -OCH3 is 2. The quantitative estimate of drug-likeness (QED) is 0.589. The van der Waals surface area contributed by atoms with Crippen molar-refractivity contribution in [2.45, 2.75) is 0 Å². The van der Waals surface area contributed by atoms with Crippen LogP contribution in [0, 0.1) is 0 Å². The molecule has 69 valence electrons. The summed E-state index contributed by atoms with van der Waals surface area (Å²) < 4.78 is 10.1. The lowest BCUT2D eigenvalue weighted by Crippen LogP contribution is -1.96. The number of anilines is 1. The van der Waals surface area contributed by atoms with Crippen LogP contribution in [0.2, 0.25) is 0 Å². The van der Waals surface area contributed by atoms with Crippen molar-refractivity contribution in [3.63, 3.8) is 0 Å². The Labute approximate surface area is 82.7 Å². The fourth-order valence-electron chi connectivity index (χ4n) is 0.957. The Balaban J connectivity index is 3.00. The van der Waals surface area contributed by atoms with E-state index in [9.17, 15) is 0 Å². The molecule has 1 radical (unpaired) electrons. The summed E-state index contributed by atoms with van der Waals surface area (Å²) in [6.45, 7) is 0. The van der Waals surface area contributed by atoms with Crippen LogP contribution in [0.3, 0.4) is 0 Å². The standard InChI is InChI=1S/C9H10NO2S/c1-11-7-3-4-8(10-6-13)9(5-7)12-2/h3-5H,1-2H3,(H,10,13). The van der Waals surface area contributed by atoms with Crippen molar-refractivity contribution in [1.82, 2.24) is 0 Å². The lowest BCUT2D eigenvalue weighted by atomic mass is 10.3. The van der Waals surface area contributed by atoms with Crippen LogP contribution in [-0.4, -0.2) is 19.7 Å². The number of nitrogens with one attached hydrogen (secondary N) is 1. The van der Waals surface area contributed by atoms with Crippen molar-refractivity contribution in [2.75, 3.05) is 19.5 Å². The van der Waals surface area contributed by atoms with E-state index in [-0.39, 0.29) is 0 Å². The normalized spacial score (nSPS) is 9.08. The molecular weight excluding hydrogens is 186 g/mol. The Kier molecular flexibility index (Phi) is 3.52. The zero-order chi connectivity index (χ0) is 9.68. The van der Waals surface area contributed by atoms with Gasteiger partial charge in [-0.1, -0.05) is 12.2 Å². The summed E-state index contributed by atoms with van der Waals surface area (Å²) in [5.74, 6) is 1.42. The molecule has 0 amide bonds. The van der Waals surface area contributed by atoms with Gasteiger partial charge >= 0.3 is 0 Å². The van der Waals surface area contributed by atoms with Gasteiger partial charge in [-0.25, -0.2) is 0 Å². The smallest absolute Gasteiger partial charge is 0.146 e. The third-order valence-corrected chi connectivity index (χ3v) is 1.70. The molecule has 1 aromatic carbocycles. The van der Waals surface area contributed by atoms with Crippen LogP contribution < -0.4 is 14.8 Å². The Morgan fingerprint density at radius 2 is 2.08 bits per heavy atom. The van der Waals surface area contributed by atoms with Crippen molar-refractivity contribution in [2.24, 2.45) is 0 Å². The second-order valence-corrected chi connectivity index (χ2v) is 2.50. The van der Waals surface area contributed by atoms with E-state index in [0.717, 1.165) is 11.4 Å². The van der Waals surface area contributed by atoms with Crippen molar-refractivity contribution < 1.29 is 9.47 Å². The molecule has 0 spiro atoms. The minimum absolute atomic E-state index is 0.678. The summed E-state index contributed by atoms with van der Waals surface area (Å²) in [7, 11) is 3.19. The summed E-state index contributed by atoms with van der Waals surface area (Å²) in [6, 6.07) is 5.41. The lowest BCUT2D eigenvalue weighted by molar-refractivity contribution is 0.395. The van der Waals surface area contributed by atoms with E-state index in [1.807, 2.05) is 12.1 Å². The molecule has 0 unspecified atom stereocenters. The number of hydrogen-bond acceptors (Lipinski definition) is 3. The van der Waals surface area contributed by atoms with Crippen molar-refractivity contribution in [1.29, 1.82) is 0 Å². The van der Waals surface area contributed by atoms with E-state index in [1.165, 1.54) is 0 Å². The molecule has 0 saturated heterocycles. The maximum absolute atomic E-state index is 5.11. The largest absolute Gasteiger partial charge is 0.497 e. The average molecular weight is 196 g/mol. The van der Waals surface area contributed by atoms with Crippen molar-refractivity contribution in [3.05, 3.63) is 18.2 Å². The van der Waals surface area contributed by atoms with E-state index in [4.69, 9.17) is 9.47 Å². The second-order valence-electron chi connectivity index (χ2n) is 2.29. The number of rotatable bonds is 4. The first-order valence-corrected chi connectivity index (χ1v) is 4.08. The molecule has 0 fully saturated rings. The van der Waals surface area contributed by atoms with Gasteiger partial charge < -0.3 is 14.8 Å². The Hall–Kier alpha value is -1.29. The Morgan fingerprint density at radius 1 is 1.31 bits per heavy atom. The molecule has 0 bridgehead atoms. The van der Waals surface area contributed by atoms with Gasteiger partial charge in [0, 0.05) is 6.07 Å². The first-order valence-electron chi connectivity index (χ1n) is 3.67. The lowest BCUT2D eigenvalue weighted by Gasteiger charge is -2.08. The van der Waals surface area contributed by atoms with Crippen LogP contribution in [-0.2, 0) is 0 Å². The fraction of sp³-hybridized carbons (Fsp3) is 0.222. The zero-order valence-electron chi connectivity index (χ0n) is 7.46. The summed E-state index contributed by atoms with van der Waals surface area (Å²) in [6.07, 6.45) is 0. The molecule has 1 N–H and O–H groups in total. The molecule has 0 aliphatic rings. The van der Waals surface area contributed by atoms with Crippen LogP contribution in [0.1, 0.15) is 0 Å². The molecule has 13 heavy (non-hydrogen) atoms. The average Bonchev–Trinajstić information content (AvgIpc) is 2.19. The van der Waals surface area contributed by atoms with Crippen LogP contribution in [0.5, 0.6) is 11.5 Å². The highest BCUT2D eigenvalue weighted by atomic mass is 32.1. The first-order chi connectivity index (χ1) is 6.31. The molecule has 4 heteroatoms. The van der Waals surface area contributed by atoms with Crippen LogP contribution in [0.15, 0.2) is 18.2 Å². The fourth-order valence-corrected chi connectivity index (χ4v) is 1.07. The van der Waals surface area contributed by atoms with Gasteiger partial charge in [-0.05, 0) is 12.1 Å². The van der Waals surface area contributed by atoms with Crippen molar-refractivity contribution >= 4 is 23.4 Å². The topological polar surface area (TPSA) is 30.5 Å². The third-order valence-electron chi connectivity index (χ3n) is 1.59. The summed E-state index contributed by atoms with van der Waals surface area (Å²) in [5, 5.41) is 2.76. The molecule has 0 heterocycles. The SMILES string of the molecule is COc1ccc(N[C]=S)c(OC)c1. The van der Waals surface area contributed by atoms with Gasteiger partial charge in [0.1, 0.15) is 17.0 Å². The minimum Gasteiger partial charge on any atom is -0.497 e. The molecule has 0 aliphatic carbocycles. The van der Waals surface area contributed by atoms with E-state index in [2.05, 4.69) is 23.0 Å². The van der Waals surface area contributed by atoms with Crippen LogP contribution >= 0.6 is 12.2 Å². The van der Waals surface area contributed by atoms with Gasteiger partial charge in [0.15, 0.2) is 0 Å². The third kappa shape index (κ3) is 2.32. The Morgan fingerprint density at radius 3 is 2.62 bits per heavy atom. The number of thiocarbonyl (C=S) groups is 1. The van der Waals surface area contributed by atoms with Crippen LogP contribution in [0.4, 0.5) is 5.69 Å². The van der Waals surface area contributed by atoms with E-state index >= 15 is 0 Å². The van der Waals surface area contributed by atoms with Gasteiger partial charge in [0.25, 0.3) is 0 Å². The molecule has 0 atom stereocenters. The first kappa shape index (κ1) is 9.80. The number of benzene rings is 1. The monoisotopic (exact) mass is 196 g/mol. The predicted molar refractivity (Wildman–Crippen MR) is 55.8 cm³/mol. The summed E-state index contributed by atoms with van der Waals surface area (Å²) in [4.78, 5) is 0. The zero-order valence-corrected chi connectivity index (χ0v) is 8.27. The highest BCUT2D eigenvalue weighted by Gasteiger charge is 2.02. The predicted octanol–water partition coefficient (Wildman–Crippen LogP) is 1.95. The molecule has 1 rings (SSSR count). The summed E-state index contributed by atoms with van der Waals surface area (Å²) >= 11 is 4.55. The maximum atomic E-state index is 5.11. The van der Waals surface area contributed by atoms with E-state index in [0.29, 0.717) is 5.75 Å². The summed E-state index contributed by atoms with van der Waals surface area (Å²) in [5.41, 5.74) is 3.18. The molecule has 0 saturated carbocycles. The highest BCUT2D eigenvalue weighted by molar-refractivity contribution is 7.79. The molecule has 1 aromatic rings. The molecular formula is C9H10NO2S. The Bertz CT molecular complexity index is 302. The van der Waals surface area contributed by atoms with Gasteiger partial charge in [-0.3, -0.25) is 0 Å². The maximum Gasteiger partial charge on any atom is 0.146 e. The van der Waals surface area contributed by atoms with Crippen LogP contribution in [0.25, 0.3) is 0 Å². The molecule has 3 nitrogen and oxygen atoms in total. The van der Waals surface area contributed by atoms with Gasteiger partial charge in [-0.15, -0.1) is 0 Å². The van der Waals surface area contributed by atoms with Gasteiger partial charge in [0.2, 0.25) is 0 Å². The van der Waals surface area contributed by atoms with Crippen molar-refractivity contribution in [3.8, 4) is 11.5 Å². The number of ether oxygens (including phenoxy) is 2. The molecule has 0 aromatic heterocycles. The minimum atomic E-state index is 0.678. The molecule has 0 aliphatic heterocycles. The van der Waals surface area contributed by atoms with E-state index < -0.39 is 0 Å². The van der Waals surface area contributed by atoms with E-state index in [1.54, 1.807) is 20.3 Å².